The van der Waals surface area contributed by atoms with Crippen molar-refractivity contribution >= 4 is 70.8 Å². The number of hydrogen-bond acceptors (Lipinski definition) is 11. The second kappa shape index (κ2) is 18.7. The maximum Gasteiger partial charge on any atom is 0.408 e. The molecular weight excluding hydrogens is 649 g/mol. The van der Waals surface area contributed by atoms with E-state index in [9.17, 15) is 28.8 Å². The molecule has 0 bridgehead atoms. The number of hydrogen-bond donors (Lipinski definition) is 3. The minimum absolute atomic E-state index is 0.0565. The van der Waals surface area contributed by atoms with Gasteiger partial charge in [0.15, 0.2) is 0 Å². The van der Waals surface area contributed by atoms with Gasteiger partial charge in [-0.25, -0.2) is 24.0 Å². The average molecular weight is 691 g/mol. The van der Waals surface area contributed by atoms with Gasteiger partial charge in [-0.2, -0.15) is 0 Å². The van der Waals surface area contributed by atoms with E-state index < -0.39 is 75.7 Å². The van der Waals surface area contributed by atoms with Crippen molar-refractivity contribution in [3.63, 3.8) is 0 Å². The SMILES string of the molecule is CCCCOC(=O)[C@H](C/C=C/[C@](C)(NC(=O)OCC(Cl)(Cl)Cl)C(=O)N[C@H](C)C(=O)OC)OC(=O)[C@H](C)NC(=O)OC(C)(C)C. The van der Waals surface area contributed by atoms with Gasteiger partial charge in [-0.15, -0.1) is 0 Å². The standard InChI is InChI=1S/C27H42Cl3N3O11/c1-9-10-14-41-21(36)18(43-20(35)17(3)32-23(38)44-25(4,5)6)12-11-13-26(7,22(37)31-16(2)19(34)40-8)33-24(39)42-15-27(28,29)30/h11,13,16-18H,9-10,12,14-15H2,1-8H3,(H,31,37)(H,32,38)(H,33,39)/b13-11+/t16-,17+,18+,26+/m1/s1. The van der Waals surface area contributed by atoms with Crippen LogP contribution in [-0.2, 0) is 42.9 Å². The summed E-state index contributed by atoms with van der Waals surface area (Å²) in [5.74, 6) is -3.50. The van der Waals surface area contributed by atoms with Crippen LogP contribution in [0.15, 0.2) is 12.2 Å². The topological polar surface area (TPSA) is 185 Å². The Morgan fingerprint density at radius 1 is 0.841 bits per heavy atom. The minimum Gasteiger partial charge on any atom is -0.467 e. The third kappa shape index (κ3) is 17.4. The van der Waals surface area contributed by atoms with Crippen LogP contribution >= 0.6 is 34.8 Å². The van der Waals surface area contributed by atoms with Crippen molar-refractivity contribution in [2.75, 3.05) is 20.3 Å². The van der Waals surface area contributed by atoms with E-state index in [0.717, 1.165) is 13.5 Å². The molecule has 17 heteroatoms. The summed E-state index contributed by atoms with van der Waals surface area (Å²) in [5, 5.41) is 7.00. The monoisotopic (exact) mass is 689 g/mol. The summed E-state index contributed by atoms with van der Waals surface area (Å²) < 4.78 is 23.2. The van der Waals surface area contributed by atoms with Crippen LogP contribution in [0.2, 0.25) is 0 Å². The molecule has 0 fully saturated rings. The van der Waals surface area contributed by atoms with Gasteiger partial charge in [-0.3, -0.25) is 4.79 Å². The summed E-state index contributed by atoms with van der Waals surface area (Å²) in [6.45, 7) is 10.2. The smallest absolute Gasteiger partial charge is 0.408 e. The number of carbonyl (C=O) groups is 6. The van der Waals surface area contributed by atoms with Crippen molar-refractivity contribution in [3.05, 3.63) is 12.2 Å². The molecule has 0 aliphatic carbocycles. The first-order chi connectivity index (χ1) is 20.1. The molecule has 0 unspecified atom stereocenters. The van der Waals surface area contributed by atoms with Gasteiger partial charge in [-0.05, 0) is 48.0 Å². The first-order valence-electron chi connectivity index (χ1n) is 13.6. The number of unbranched alkanes of at least 4 members (excludes halogenated alkanes) is 1. The summed E-state index contributed by atoms with van der Waals surface area (Å²) in [6, 6.07) is -2.31. The van der Waals surface area contributed by atoms with Crippen LogP contribution in [0, 0.1) is 0 Å². The maximum atomic E-state index is 13.1. The fourth-order valence-corrected chi connectivity index (χ4v) is 3.13. The largest absolute Gasteiger partial charge is 0.467 e. The molecule has 0 aromatic carbocycles. The first kappa shape index (κ1) is 41.0. The number of alkyl halides is 3. The lowest BCUT2D eigenvalue weighted by atomic mass is 9.99. The molecule has 0 saturated carbocycles. The third-order valence-electron chi connectivity index (χ3n) is 5.25. The fraction of sp³-hybridized carbons (Fsp3) is 0.704. The van der Waals surface area contributed by atoms with E-state index in [-0.39, 0.29) is 13.0 Å². The summed E-state index contributed by atoms with van der Waals surface area (Å²) in [6.07, 6.45) is -0.143. The Morgan fingerprint density at radius 3 is 1.95 bits per heavy atom. The van der Waals surface area contributed by atoms with Crippen molar-refractivity contribution < 1.29 is 52.5 Å². The van der Waals surface area contributed by atoms with Gasteiger partial charge in [-0.1, -0.05) is 60.3 Å². The predicted octanol–water partition coefficient (Wildman–Crippen LogP) is 3.63. The predicted molar refractivity (Wildman–Crippen MR) is 161 cm³/mol. The number of rotatable bonds is 15. The van der Waals surface area contributed by atoms with Gasteiger partial charge < -0.3 is 39.6 Å². The van der Waals surface area contributed by atoms with Crippen molar-refractivity contribution in [2.45, 2.75) is 101 Å². The number of alkyl carbamates (subject to hydrolysis) is 2. The maximum absolute atomic E-state index is 13.1. The zero-order valence-corrected chi connectivity index (χ0v) is 28.3. The second-order valence-corrected chi connectivity index (χ2v) is 13.2. The third-order valence-corrected chi connectivity index (χ3v) is 5.58. The van der Waals surface area contributed by atoms with E-state index in [0.29, 0.717) is 6.42 Å². The molecule has 0 saturated heterocycles. The van der Waals surface area contributed by atoms with E-state index in [1.807, 2.05) is 6.92 Å². The van der Waals surface area contributed by atoms with E-state index in [2.05, 4.69) is 20.7 Å². The summed E-state index contributed by atoms with van der Waals surface area (Å²) in [7, 11) is 1.13. The zero-order valence-electron chi connectivity index (χ0n) is 26.0. The number of methoxy groups -OCH3 is 1. The Bertz CT molecular complexity index is 1040. The van der Waals surface area contributed by atoms with E-state index >= 15 is 0 Å². The van der Waals surface area contributed by atoms with Gasteiger partial charge in [0.2, 0.25) is 15.8 Å². The van der Waals surface area contributed by atoms with Crippen LogP contribution in [0.5, 0.6) is 0 Å². The van der Waals surface area contributed by atoms with Gasteiger partial charge >= 0.3 is 30.1 Å². The van der Waals surface area contributed by atoms with E-state index in [4.69, 9.17) is 53.8 Å². The number of amides is 3. The van der Waals surface area contributed by atoms with Crippen molar-refractivity contribution in [3.8, 4) is 0 Å². The molecule has 0 aromatic heterocycles. The van der Waals surface area contributed by atoms with Crippen LogP contribution in [0.3, 0.4) is 0 Å². The molecule has 0 aliphatic heterocycles. The highest BCUT2D eigenvalue weighted by molar-refractivity contribution is 6.67. The molecule has 0 radical (unpaired) electrons. The Morgan fingerprint density at radius 2 is 1.43 bits per heavy atom. The summed E-state index contributed by atoms with van der Waals surface area (Å²) in [5.41, 5.74) is -2.72. The Hall–Kier alpha value is -2.97. The molecule has 0 aromatic rings. The van der Waals surface area contributed by atoms with Crippen LogP contribution < -0.4 is 16.0 Å². The Kier molecular flexibility index (Phi) is 17.5. The van der Waals surface area contributed by atoms with Gasteiger partial charge in [0.1, 0.15) is 29.8 Å². The number of esters is 3. The molecule has 0 rings (SSSR count). The average Bonchev–Trinajstić information content (AvgIpc) is 2.89. The zero-order chi connectivity index (χ0) is 34.3. The molecule has 3 N–H and O–H groups in total. The molecule has 0 spiro atoms. The molecule has 4 atom stereocenters. The molecule has 0 heterocycles. The van der Waals surface area contributed by atoms with Crippen LogP contribution in [-0.4, -0.2) is 89.4 Å². The van der Waals surface area contributed by atoms with Crippen molar-refractivity contribution in [2.24, 2.45) is 0 Å². The van der Waals surface area contributed by atoms with E-state index in [1.165, 1.54) is 32.9 Å². The van der Waals surface area contributed by atoms with Crippen LogP contribution in [0.25, 0.3) is 0 Å². The summed E-state index contributed by atoms with van der Waals surface area (Å²) >= 11 is 16.8. The van der Waals surface area contributed by atoms with Gasteiger partial charge in [0, 0.05) is 6.42 Å². The number of halogens is 3. The lowest BCUT2D eigenvalue weighted by Crippen LogP contribution is -2.58. The number of carbonyl (C=O) groups excluding carboxylic acids is 6. The van der Waals surface area contributed by atoms with Crippen LogP contribution in [0.4, 0.5) is 9.59 Å². The van der Waals surface area contributed by atoms with E-state index in [1.54, 1.807) is 20.8 Å². The number of nitrogens with one attached hydrogen (secondary N) is 3. The van der Waals surface area contributed by atoms with Crippen LogP contribution in [0.1, 0.15) is 67.7 Å². The molecule has 44 heavy (non-hydrogen) atoms. The molecule has 252 valence electrons. The molecular formula is C27H42Cl3N3O11. The molecule has 14 nitrogen and oxygen atoms in total. The Labute approximate surface area is 272 Å². The van der Waals surface area contributed by atoms with Gasteiger partial charge in [0.05, 0.1) is 13.7 Å². The van der Waals surface area contributed by atoms with Gasteiger partial charge in [0.25, 0.3) is 0 Å². The quantitative estimate of drug-likeness (QED) is 0.0749. The highest BCUT2D eigenvalue weighted by Gasteiger charge is 2.36. The fourth-order valence-electron chi connectivity index (χ4n) is 2.97. The summed E-state index contributed by atoms with van der Waals surface area (Å²) in [4.78, 5) is 75.0. The lowest BCUT2D eigenvalue weighted by molar-refractivity contribution is -0.168. The molecule has 0 aliphatic rings. The van der Waals surface area contributed by atoms with Crippen molar-refractivity contribution in [1.82, 2.24) is 16.0 Å². The second-order valence-electron chi connectivity index (χ2n) is 10.7. The highest BCUT2D eigenvalue weighted by Crippen LogP contribution is 2.26. The minimum atomic E-state index is -1.93. The Balaban J connectivity index is 5.99. The lowest BCUT2D eigenvalue weighted by Gasteiger charge is -2.28. The first-order valence-corrected chi connectivity index (χ1v) is 14.7. The van der Waals surface area contributed by atoms with Crippen molar-refractivity contribution in [1.29, 1.82) is 0 Å². The number of ether oxygens (including phenoxy) is 5. The highest BCUT2D eigenvalue weighted by atomic mass is 35.6. The molecule has 3 amide bonds. The normalized spacial score (nSPS) is 15.1.